The lowest BCUT2D eigenvalue weighted by Gasteiger charge is -2.13. The molecule has 0 aliphatic rings. The number of rotatable bonds is 2. The Bertz CT molecular complexity index is 563. The van der Waals surface area contributed by atoms with Crippen molar-refractivity contribution in [1.82, 2.24) is 0 Å². The van der Waals surface area contributed by atoms with Gasteiger partial charge in [-0.15, -0.1) is 11.6 Å². The van der Waals surface area contributed by atoms with Crippen LogP contribution in [0.3, 0.4) is 0 Å². The van der Waals surface area contributed by atoms with Crippen molar-refractivity contribution < 1.29 is 13.2 Å². The second kappa shape index (κ2) is 5.33. The monoisotopic (exact) mass is 334 g/mol. The fourth-order valence-electron chi connectivity index (χ4n) is 1.63. The average Bonchev–Trinajstić information content (AvgIpc) is 2.27. The van der Waals surface area contributed by atoms with Gasteiger partial charge >= 0.3 is 0 Å². The molecule has 0 saturated heterocycles. The highest BCUT2D eigenvalue weighted by atomic mass is 79.9. The molecule has 94 valence electrons. The zero-order chi connectivity index (χ0) is 13.3. The summed E-state index contributed by atoms with van der Waals surface area (Å²) in [4.78, 5) is 0. The Morgan fingerprint density at radius 3 is 2.17 bits per heavy atom. The van der Waals surface area contributed by atoms with Gasteiger partial charge in [0.25, 0.3) is 0 Å². The molecule has 5 heteroatoms. The van der Waals surface area contributed by atoms with Crippen LogP contribution in [0.5, 0.6) is 0 Å². The Morgan fingerprint density at radius 1 is 1.00 bits per heavy atom. The van der Waals surface area contributed by atoms with E-state index in [9.17, 15) is 13.2 Å². The first-order valence-corrected chi connectivity index (χ1v) is 6.26. The van der Waals surface area contributed by atoms with Gasteiger partial charge in [0, 0.05) is 22.2 Å². The van der Waals surface area contributed by atoms with Gasteiger partial charge in [-0.1, -0.05) is 28.1 Å². The second-order valence-electron chi connectivity index (χ2n) is 3.70. The van der Waals surface area contributed by atoms with Gasteiger partial charge in [-0.3, -0.25) is 0 Å². The molecule has 18 heavy (non-hydrogen) atoms. The van der Waals surface area contributed by atoms with Gasteiger partial charge in [0.15, 0.2) is 0 Å². The SMILES string of the molecule is Fc1cc(F)c(C(Cl)c2cccc(Br)c2)c(F)c1. The van der Waals surface area contributed by atoms with Crippen LogP contribution in [0, 0.1) is 17.5 Å². The topological polar surface area (TPSA) is 0 Å². The fourth-order valence-corrected chi connectivity index (χ4v) is 2.39. The van der Waals surface area contributed by atoms with Crippen LogP contribution in [0.1, 0.15) is 16.5 Å². The minimum atomic E-state index is -1.01. The van der Waals surface area contributed by atoms with Crippen LogP contribution < -0.4 is 0 Å². The summed E-state index contributed by atoms with van der Waals surface area (Å²) in [6, 6.07) is 8.00. The van der Waals surface area contributed by atoms with Gasteiger partial charge in [0.1, 0.15) is 17.5 Å². The minimum Gasteiger partial charge on any atom is -0.207 e. The zero-order valence-corrected chi connectivity index (χ0v) is 11.3. The molecule has 0 amide bonds. The maximum atomic E-state index is 13.6. The molecule has 2 rings (SSSR count). The second-order valence-corrected chi connectivity index (χ2v) is 5.05. The third-order valence-corrected chi connectivity index (χ3v) is 3.40. The third-order valence-electron chi connectivity index (χ3n) is 2.44. The molecule has 0 radical (unpaired) electrons. The smallest absolute Gasteiger partial charge is 0.134 e. The lowest BCUT2D eigenvalue weighted by Crippen LogP contribution is -2.02. The van der Waals surface area contributed by atoms with E-state index in [1.165, 1.54) is 0 Å². The highest BCUT2D eigenvalue weighted by molar-refractivity contribution is 9.10. The van der Waals surface area contributed by atoms with E-state index in [1.807, 2.05) is 0 Å². The summed E-state index contributed by atoms with van der Waals surface area (Å²) in [5.41, 5.74) is 0.173. The molecule has 0 N–H and O–H groups in total. The van der Waals surface area contributed by atoms with E-state index in [2.05, 4.69) is 15.9 Å². The molecule has 0 bridgehead atoms. The summed E-state index contributed by atoms with van der Waals surface area (Å²) < 4.78 is 40.7. The van der Waals surface area contributed by atoms with Crippen molar-refractivity contribution in [3.8, 4) is 0 Å². The highest BCUT2D eigenvalue weighted by Gasteiger charge is 2.21. The Hall–Kier alpha value is -1.00. The molecule has 1 atom stereocenters. The van der Waals surface area contributed by atoms with Gasteiger partial charge in [-0.25, -0.2) is 13.2 Å². The predicted molar refractivity (Wildman–Crippen MR) is 68.2 cm³/mol. The van der Waals surface area contributed by atoms with E-state index in [0.29, 0.717) is 17.7 Å². The van der Waals surface area contributed by atoms with E-state index in [1.54, 1.807) is 24.3 Å². The quantitative estimate of drug-likeness (QED) is 0.662. The molecule has 1 unspecified atom stereocenters. The summed E-state index contributed by atoms with van der Waals surface area (Å²) in [7, 11) is 0. The highest BCUT2D eigenvalue weighted by Crippen LogP contribution is 2.33. The van der Waals surface area contributed by atoms with Crippen molar-refractivity contribution in [2.75, 3.05) is 0 Å². The largest absolute Gasteiger partial charge is 0.207 e. The fraction of sp³-hybridized carbons (Fsp3) is 0.0769. The zero-order valence-electron chi connectivity index (χ0n) is 8.93. The molecule has 0 aromatic heterocycles. The van der Waals surface area contributed by atoms with E-state index in [0.717, 1.165) is 4.47 Å². The van der Waals surface area contributed by atoms with Crippen molar-refractivity contribution in [3.63, 3.8) is 0 Å². The maximum Gasteiger partial charge on any atom is 0.134 e. The summed E-state index contributed by atoms with van der Waals surface area (Å²) in [5, 5.41) is -1.01. The summed E-state index contributed by atoms with van der Waals surface area (Å²) in [6.07, 6.45) is 0. The number of benzene rings is 2. The molecule has 0 spiro atoms. The lowest BCUT2D eigenvalue weighted by atomic mass is 10.0. The number of hydrogen-bond donors (Lipinski definition) is 0. The summed E-state index contributed by atoms with van der Waals surface area (Å²) >= 11 is 9.29. The van der Waals surface area contributed by atoms with E-state index >= 15 is 0 Å². The van der Waals surface area contributed by atoms with Crippen LogP contribution in [-0.4, -0.2) is 0 Å². The predicted octanol–water partition coefficient (Wildman–Crippen LogP) is 5.19. The molecule has 0 heterocycles. The van der Waals surface area contributed by atoms with Crippen molar-refractivity contribution >= 4 is 27.5 Å². The first kappa shape index (κ1) is 13.4. The van der Waals surface area contributed by atoms with E-state index in [-0.39, 0.29) is 5.56 Å². The Morgan fingerprint density at radius 2 is 1.61 bits per heavy atom. The Kier molecular flexibility index (Phi) is 3.97. The molecule has 2 aromatic carbocycles. The van der Waals surface area contributed by atoms with Gasteiger partial charge < -0.3 is 0 Å². The third kappa shape index (κ3) is 2.70. The maximum absolute atomic E-state index is 13.6. The Labute approximate surface area is 116 Å². The van der Waals surface area contributed by atoms with E-state index < -0.39 is 22.8 Å². The van der Waals surface area contributed by atoms with Crippen LogP contribution in [0.2, 0.25) is 0 Å². The first-order valence-electron chi connectivity index (χ1n) is 5.03. The summed E-state index contributed by atoms with van der Waals surface area (Å²) in [6.45, 7) is 0. The summed E-state index contributed by atoms with van der Waals surface area (Å²) in [5.74, 6) is -2.95. The molecule has 0 saturated carbocycles. The van der Waals surface area contributed by atoms with Crippen LogP contribution >= 0.6 is 27.5 Å². The average molecular weight is 336 g/mol. The van der Waals surface area contributed by atoms with Crippen LogP contribution in [0.25, 0.3) is 0 Å². The van der Waals surface area contributed by atoms with Gasteiger partial charge in [0.2, 0.25) is 0 Å². The van der Waals surface area contributed by atoms with E-state index in [4.69, 9.17) is 11.6 Å². The van der Waals surface area contributed by atoms with Crippen molar-refractivity contribution in [2.45, 2.75) is 5.38 Å². The molecular weight excluding hydrogens is 328 g/mol. The molecule has 0 fully saturated rings. The minimum absolute atomic E-state index is 0.351. The van der Waals surface area contributed by atoms with Crippen LogP contribution in [-0.2, 0) is 0 Å². The normalized spacial score (nSPS) is 12.5. The van der Waals surface area contributed by atoms with Gasteiger partial charge in [-0.05, 0) is 17.7 Å². The number of halogens is 5. The molecule has 0 nitrogen and oxygen atoms in total. The van der Waals surface area contributed by atoms with Gasteiger partial charge in [-0.2, -0.15) is 0 Å². The molecule has 0 aliphatic carbocycles. The standard InChI is InChI=1S/C13H7BrClF3/c14-8-3-1-2-7(4-8)13(15)12-10(17)5-9(16)6-11(12)18/h1-6,13H. The first-order chi connectivity index (χ1) is 8.49. The molecule has 2 aromatic rings. The van der Waals surface area contributed by atoms with Crippen LogP contribution in [0.15, 0.2) is 40.9 Å². The van der Waals surface area contributed by atoms with Crippen molar-refractivity contribution in [1.29, 1.82) is 0 Å². The van der Waals surface area contributed by atoms with Crippen molar-refractivity contribution in [2.24, 2.45) is 0 Å². The van der Waals surface area contributed by atoms with Gasteiger partial charge in [0.05, 0.1) is 5.38 Å². The molecular formula is C13H7BrClF3. The number of hydrogen-bond acceptors (Lipinski definition) is 0. The molecule has 0 aliphatic heterocycles. The number of alkyl halides is 1. The van der Waals surface area contributed by atoms with Crippen LogP contribution in [0.4, 0.5) is 13.2 Å². The Balaban J connectivity index is 2.49. The van der Waals surface area contributed by atoms with Crippen molar-refractivity contribution in [3.05, 3.63) is 69.4 Å². The lowest BCUT2D eigenvalue weighted by molar-refractivity contribution is 0.526.